The number of aromatic nitrogens is 5. The van der Waals surface area contributed by atoms with Crippen LogP contribution in [0.2, 0.25) is 0 Å². The number of nitrogens with one attached hydrogen (secondary N) is 1. The molecule has 7 nitrogen and oxygen atoms in total. The van der Waals surface area contributed by atoms with Crippen molar-refractivity contribution in [1.82, 2.24) is 30.0 Å². The first kappa shape index (κ1) is 13.7. The first-order valence-corrected chi connectivity index (χ1v) is 7.14. The number of rotatable bonds is 3. The van der Waals surface area contributed by atoms with Crippen LogP contribution in [0.25, 0.3) is 0 Å². The molecule has 0 aliphatic carbocycles. The maximum Gasteiger partial charge on any atom is 0.271 e. The third-order valence-corrected chi connectivity index (χ3v) is 3.62. The van der Waals surface area contributed by atoms with Crippen LogP contribution in [-0.4, -0.2) is 36.7 Å². The van der Waals surface area contributed by atoms with Crippen molar-refractivity contribution in [2.24, 2.45) is 0 Å². The lowest BCUT2D eigenvalue weighted by atomic mass is 10.1. The second-order valence-electron chi connectivity index (χ2n) is 5.54. The minimum atomic E-state index is -0.185. The minimum absolute atomic E-state index is 0.0699. The predicted molar refractivity (Wildman–Crippen MR) is 75.7 cm³/mol. The third-order valence-electron chi connectivity index (χ3n) is 3.62. The summed E-state index contributed by atoms with van der Waals surface area (Å²) in [6.07, 6.45) is 6.23. The molecule has 1 atom stereocenters. The van der Waals surface area contributed by atoms with E-state index in [1.165, 1.54) is 12.4 Å². The number of fused-ring (bicyclic) bond motifs is 1. The Morgan fingerprint density at radius 3 is 2.95 bits per heavy atom. The highest BCUT2D eigenvalue weighted by Crippen LogP contribution is 2.20. The molecule has 21 heavy (non-hydrogen) atoms. The number of nitrogens with zero attached hydrogens (tertiary/aromatic N) is 5. The molecule has 2 aromatic rings. The average Bonchev–Trinajstić information content (AvgIpc) is 2.91. The van der Waals surface area contributed by atoms with Gasteiger partial charge in [-0.2, -0.15) is 0 Å². The van der Waals surface area contributed by atoms with E-state index < -0.39 is 0 Å². The van der Waals surface area contributed by atoms with Gasteiger partial charge >= 0.3 is 0 Å². The van der Waals surface area contributed by atoms with Crippen molar-refractivity contribution in [2.75, 3.05) is 0 Å². The molecule has 7 heteroatoms. The predicted octanol–water partition coefficient (Wildman–Crippen LogP) is 0.936. The standard InChI is InChI=1S/C14H18N6O/c1-9(2)13-19-18-12-4-3-10(8-20(12)13)17-14(21)11-7-15-5-6-16-11/h5-7,9-10H,3-4,8H2,1-2H3,(H,17,21)/t10-/m0/s1. The lowest BCUT2D eigenvalue weighted by Crippen LogP contribution is -2.41. The molecule has 1 aliphatic rings. The van der Waals surface area contributed by atoms with Crippen molar-refractivity contribution in [1.29, 1.82) is 0 Å². The second kappa shape index (κ2) is 5.59. The SMILES string of the molecule is CC(C)c1nnc2n1C[C@@H](NC(=O)c1cnccn1)CC2. The Morgan fingerprint density at radius 2 is 2.24 bits per heavy atom. The number of aryl methyl sites for hydroxylation is 1. The van der Waals surface area contributed by atoms with Gasteiger partial charge < -0.3 is 9.88 Å². The zero-order valence-corrected chi connectivity index (χ0v) is 12.2. The van der Waals surface area contributed by atoms with E-state index in [4.69, 9.17) is 0 Å². The van der Waals surface area contributed by atoms with Crippen molar-refractivity contribution in [3.05, 3.63) is 35.9 Å². The second-order valence-corrected chi connectivity index (χ2v) is 5.54. The van der Waals surface area contributed by atoms with Gasteiger partial charge in [-0.15, -0.1) is 10.2 Å². The number of carbonyl (C=O) groups excluding carboxylic acids is 1. The fourth-order valence-corrected chi connectivity index (χ4v) is 2.57. The van der Waals surface area contributed by atoms with Crippen LogP contribution in [-0.2, 0) is 13.0 Å². The summed E-state index contributed by atoms with van der Waals surface area (Å²) in [6, 6.07) is 0.0699. The van der Waals surface area contributed by atoms with Gasteiger partial charge in [0.25, 0.3) is 5.91 Å². The Kier molecular flexibility index (Phi) is 3.64. The first-order chi connectivity index (χ1) is 10.1. The van der Waals surface area contributed by atoms with Crippen LogP contribution in [0.1, 0.15) is 48.3 Å². The molecule has 1 aliphatic heterocycles. The van der Waals surface area contributed by atoms with E-state index in [0.717, 1.165) is 24.5 Å². The van der Waals surface area contributed by atoms with Gasteiger partial charge in [-0.25, -0.2) is 4.98 Å². The van der Waals surface area contributed by atoms with E-state index in [0.29, 0.717) is 18.2 Å². The van der Waals surface area contributed by atoms with Crippen LogP contribution in [0, 0.1) is 0 Å². The van der Waals surface area contributed by atoms with Crippen LogP contribution in [0.5, 0.6) is 0 Å². The van der Waals surface area contributed by atoms with Gasteiger partial charge in [0, 0.05) is 37.3 Å². The van der Waals surface area contributed by atoms with Gasteiger partial charge in [-0.05, 0) is 6.42 Å². The minimum Gasteiger partial charge on any atom is -0.346 e. The fraction of sp³-hybridized carbons (Fsp3) is 0.500. The molecule has 3 heterocycles. The normalized spacial score (nSPS) is 17.6. The summed E-state index contributed by atoms with van der Waals surface area (Å²) in [5.74, 6) is 2.11. The summed E-state index contributed by atoms with van der Waals surface area (Å²) in [6.45, 7) is 4.90. The lowest BCUT2D eigenvalue weighted by molar-refractivity contribution is 0.0921. The molecule has 0 saturated heterocycles. The molecule has 0 aromatic carbocycles. The van der Waals surface area contributed by atoms with Crippen molar-refractivity contribution in [3.63, 3.8) is 0 Å². The highest BCUT2D eigenvalue weighted by molar-refractivity contribution is 5.92. The van der Waals surface area contributed by atoms with Gasteiger partial charge in [0.1, 0.15) is 17.3 Å². The third kappa shape index (κ3) is 2.76. The van der Waals surface area contributed by atoms with Crippen LogP contribution in [0.4, 0.5) is 0 Å². The van der Waals surface area contributed by atoms with Gasteiger partial charge in [0.15, 0.2) is 0 Å². The summed E-state index contributed by atoms with van der Waals surface area (Å²) >= 11 is 0. The molecule has 0 spiro atoms. The molecule has 0 unspecified atom stereocenters. The summed E-state index contributed by atoms with van der Waals surface area (Å²) in [5, 5.41) is 11.5. The zero-order valence-electron chi connectivity index (χ0n) is 12.2. The number of carbonyl (C=O) groups is 1. The molecule has 0 radical (unpaired) electrons. The van der Waals surface area contributed by atoms with Crippen molar-refractivity contribution in [2.45, 2.75) is 45.2 Å². The van der Waals surface area contributed by atoms with E-state index in [9.17, 15) is 4.79 Å². The van der Waals surface area contributed by atoms with E-state index >= 15 is 0 Å². The van der Waals surface area contributed by atoms with Crippen LogP contribution < -0.4 is 5.32 Å². The van der Waals surface area contributed by atoms with Crippen molar-refractivity contribution in [3.8, 4) is 0 Å². The fourth-order valence-electron chi connectivity index (χ4n) is 2.57. The first-order valence-electron chi connectivity index (χ1n) is 7.14. The summed E-state index contributed by atoms with van der Waals surface area (Å²) in [7, 11) is 0. The molecule has 2 aromatic heterocycles. The van der Waals surface area contributed by atoms with Gasteiger partial charge in [-0.1, -0.05) is 13.8 Å². The van der Waals surface area contributed by atoms with Crippen molar-refractivity contribution >= 4 is 5.91 Å². The molecule has 110 valence electrons. The van der Waals surface area contributed by atoms with Crippen LogP contribution >= 0.6 is 0 Å². The Balaban J connectivity index is 1.72. The zero-order chi connectivity index (χ0) is 14.8. The summed E-state index contributed by atoms with van der Waals surface area (Å²) in [4.78, 5) is 20.1. The summed E-state index contributed by atoms with van der Waals surface area (Å²) < 4.78 is 2.12. The smallest absolute Gasteiger partial charge is 0.271 e. The van der Waals surface area contributed by atoms with Crippen LogP contribution in [0.15, 0.2) is 18.6 Å². The monoisotopic (exact) mass is 286 g/mol. The molecule has 0 bridgehead atoms. The molecule has 0 fully saturated rings. The average molecular weight is 286 g/mol. The molecule has 1 amide bonds. The Morgan fingerprint density at radius 1 is 1.38 bits per heavy atom. The molecular formula is C14H18N6O. The molecule has 3 rings (SSSR count). The largest absolute Gasteiger partial charge is 0.346 e. The molecular weight excluding hydrogens is 268 g/mol. The number of hydrogen-bond acceptors (Lipinski definition) is 5. The molecule has 0 saturated carbocycles. The van der Waals surface area contributed by atoms with Gasteiger partial charge in [0.05, 0.1) is 6.20 Å². The quantitative estimate of drug-likeness (QED) is 0.907. The Bertz CT molecular complexity index is 636. The van der Waals surface area contributed by atoms with Crippen molar-refractivity contribution < 1.29 is 4.79 Å². The lowest BCUT2D eigenvalue weighted by Gasteiger charge is -2.25. The van der Waals surface area contributed by atoms with E-state index in [-0.39, 0.29) is 11.9 Å². The number of amides is 1. The van der Waals surface area contributed by atoms with Gasteiger partial charge in [-0.3, -0.25) is 9.78 Å². The Hall–Kier alpha value is -2.31. The maximum atomic E-state index is 12.1. The van der Waals surface area contributed by atoms with Crippen LogP contribution in [0.3, 0.4) is 0 Å². The topological polar surface area (TPSA) is 85.6 Å². The van der Waals surface area contributed by atoms with E-state index in [2.05, 4.69) is 43.9 Å². The van der Waals surface area contributed by atoms with E-state index in [1.54, 1.807) is 6.20 Å². The summed E-state index contributed by atoms with van der Waals surface area (Å²) in [5.41, 5.74) is 0.344. The van der Waals surface area contributed by atoms with E-state index in [1.807, 2.05) is 0 Å². The Labute approximate surface area is 122 Å². The highest BCUT2D eigenvalue weighted by Gasteiger charge is 2.25. The maximum absolute atomic E-state index is 12.1. The number of hydrogen-bond donors (Lipinski definition) is 1. The molecule has 1 N–H and O–H groups in total. The highest BCUT2D eigenvalue weighted by atomic mass is 16.1. The van der Waals surface area contributed by atoms with Gasteiger partial charge in [0.2, 0.25) is 0 Å².